The molecule has 1 saturated heterocycles. The molecule has 3 N–H and O–H groups in total. The summed E-state index contributed by atoms with van der Waals surface area (Å²) in [5.74, 6) is 0.361. The van der Waals surface area contributed by atoms with Gasteiger partial charge in [-0.2, -0.15) is 0 Å². The summed E-state index contributed by atoms with van der Waals surface area (Å²) in [5, 5.41) is 4.53. The van der Waals surface area contributed by atoms with Gasteiger partial charge in [-0.15, -0.1) is 0 Å². The first-order valence-corrected chi connectivity index (χ1v) is 8.50. The first kappa shape index (κ1) is 18.0. The summed E-state index contributed by atoms with van der Waals surface area (Å²) in [6, 6.07) is 5.24. The number of nitrogens with zero attached hydrogens (tertiary/aromatic N) is 1. The molecule has 0 bridgehead atoms. The van der Waals surface area contributed by atoms with Crippen LogP contribution in [0.5, 0.6) is 11.6 Å². The molecular weight excluding hydrogens is 334 g/mol. The Labute approximate surface area is 151 Å². The van der Waals surface area contributed by atoms with Crippen molar-refractivity contribution in [2.45, 2.75) is 32.7 Å². The number of rotatable bonds is 6. The van der Waals surface area contributed by atoms with Gasteiger partial charge < -0.3 is 20.5 Å². The summed E-state index contributed by atoms with van der Waals surface area (Å²) in [4.78, 5) is 27.5. The fraction of sp³-hybridized carbons (Fsp3) is 0.421. The van der Waals surface area contributed by atoms with E-state index in [1.54, 1.807) is 24.4 Å². The zero-order valence-electron chi connectivity index (χ0n) is 15.2. The predicted molar refractivity (Wildman–Crippen MR) is 97.3 cm³/mol. The number of nitrogens with two attached hydrogens (primary N) is 1. The second-order valence-electron chi connectivity index (χ2n) is 7.18. The first-order chi connectivity index (χ1) is 12.3. The number of pyridine rings is 1. The molecule has 7 heteroatoms. The molecule has 26 heavy (non-hydrogen) atoms. The minimum Gasteiger partial charge on any atom is -0.496 e. The standard InChI is InChI=1S/C19H23N3O4/c1-19(2)10-16(23)22-15(19)5-7-26-18-12-9-14(25-3)13(17(20)24)8-11(12)4-6-21-18/h4,6,8-9,15H,5,7,10H2,1-3H3,(H2,20,24)(H,22,23)/t15-/m1/s1. The number of aromatic nitrogens is 1. The van der Waals surface area contributed by atoms with Crippen molar-refractivity contribution in [1.29, 1.82) is 0 Å². The second-order valence-corrected chi connectivity index (χ2v) is 7.18. The van der Waals surface area contributed by atoms with Crippen LogP contribution in [0.3, 0.4) is 0 Å². The number of carbonyl (C=O) groups excluding carboxylic acids is 2. The average Bonchev–Trinajstić information content (AvgIpc) is 2.85. The van der Waals surface area contributed by atoms with Crippen LogP contribution in [0, 0.1) is 5.41 Å². The van der Waals surface area contributed by atoms with Gasteiger partial charge in [-0.1, -0.05) is 13.8 Å². The lowest BCUT2D eigenvalue weighted by atomic mass is 9.83. The summed E-state index contributed by atoms with van der Waals surface area (Å²) >= 11 is 0. The van der Waals surface area contributed by atoms with E-state index in [0.717, 1.165) is 10.8 Å². The third-order valence-electron chi connectivity index (χ3n) is 4.85. The van der Waals surface area contributed by atoms with Crippen LogP contribution in [0.1, 0.15) is 37.0 Å². The normalized spacial score (nSPS) is 18.6. The number of methoxy groups -OCH3 is 1. The molecule has 0 unspecified atom stereocenters. The van der Waals surface area contributed by atoms with Crippen LogP contribution >= 0.6 is 0 Å². The van der Waals surface area contributed by atoms with Crippen LogP contribution < -0.4 is 20.5 Å². The zero-order chi connectivity index (χ0) is 18.9. The third-order valence-corrected chi connectivity index (χ3v) is 4.85. The highest BCUT2D eigenvalue weighted by molar-refractivity contribution is 6.01. The van der Waals surface area contributed by atoms with Gasteiger partial charge in [0.15, 0.2) is 0 Å². The fourth-order valence-corrected chi connectivity index (χ4v) is 3.37. The number of fused-ring (bicyclic) bond motifs is 1. The van der Waals surface area contributed by atoms with Crippen molar-refractivity contribution in [3.05, 3.63) is 30.0 Å². The number of amides is 2. The van der Waals surface area contributed by atoms with Crippen LogP contribution in [-0.4, -0.2) is 36.6 Å². The van der Waals surface area contributed by atoms with Gasteiger partial charge in [0, 0.05) is 30.5 Å². The van der Waals surface area contributed by atoms with Crippen molar-refractivity contribution in [2.24, 2.45) is 11.1 Å². The van der Waals surface area contributed by atoms with Crippen molar-refractivity contribution in [1.82, 2.24) is 10.3 Å². The molecule has 2 amide bonds. The molecule has 7 nitrogen and oxygen atoms in total. The summed E-state index contributed by atoms with van der Waals surface area (Å²) in [5.41, 5.74) is 5.63. The number of carbonyl (C=O) groups is 2. The SMILES string of the molecule is COc1cc2c(OCC[C@H]3NC(=O)CC3(C)C)nccc2cc1C(N)=O. The topological polar surface area (TPSA) is 104 Å². The predicted octanol–water partition coefficient (Wildman–Crippen LogP) is 2.03. The quantitative estimate of drug-likeness (QED) is 0.823. The molecule has 0 radical (unpaired) electrons. The fourth-order valence-electron chi connectivity index (χ4n) is 3.37. The van der Waals surface area contributed by atoms with E-state index in [-0.39, 0.29) is 17.4 Å². The van der Waals surface area contributed by atoms with Crippen molar-refractivity contribution >= 4 is 22.6 Å². The van der Waals surface area contributed by atoms with Crippen LogP contribution in [0.2, 0.25) is 0 Å². The molecule has 3 rings (SSSR count). The van der Waals surface area contributed by atoms with Crippen LogP contribution in [-0.2, 0) is 4.79 Å². The number of ether oxygens (including phenoxy) is 2. The maximum atomic E-state index is 11.6. The Morgan fingerprint density at radius 2 is 2.19 bits per heavy atom. The summed E-state index contributed by atoms with van der Waals surface area (Å²) in [6.07, 6.45) is 2.83. The van der Waals surface area contributed by atoms with E-state index >= 15 is 0 Å². The lowest BCUT2D eigenvalue weighted by molar-refractivity contribution is -0.119. The van der Waals surface area contributed by atoms with Crippen molar-refractivity contribution in [3.8, 4) is 11.6 Å². The molecule has 1 fully saturated rings. The highest BCUT2D eigenvalue weighted by Gasteiger charge is 2.38. The Bertz CT molecular complexity index is 863. The summed E-state index contributed by atoms with van der Waals surface area (Å²) in [7, 11) is 1.48. The van der Waals surface area contributed by atoms with Crippen molar-refractivity contribution in [2.75, 3.05) is 13.7 Å². The Hall–Kier alpha value is -2.83. The van der Waals surface area contributed by atoms with Gasteiger partial charge in [0.1, 0.15) is 5.75 Å². The van der Waals surface area contributed by atoms with Crippen LogP contribution in [0.4, 0.5) is 0 Å². The van der Waals surface area contributed by atoms with E-state index in [1.807, 2.05) is 0 Å². The molecule has 138 valence electrons. The van der Waals surface area contributed by atoms with E-state index < -0.39 is 5.91 Å². The maximum Gasteiger partial charge on any atom is 0.252 e. The minimum absolute atomic E-state index is 0.0703. The Kier molecular flexibility index (Phi) is 4.71. The number of primary amides is 1. The summed E-state index contributed by atoms with van der Waals surface area (Å²) in [6.45, 7) is 4.56. The molecule has 1 aromatic carbocycles. The molecule has 2 heterocycles. The van der Waals surface area contributed by atoms with Gasteiger partial charge in [0.25, 0.3) is 5.91 Å². The van der Waals surface area contributed by atoms with Crippen LogP contribution in [0.15, 0.2) is 24.4 Å². The molecular formula is C19H23N3O4. The second kappa shape index (κ2) is 6.82. The van der Waals surface area contributed by atoms with E-state index in [4.69, 9.17) is 15.2 Å². The smallest absolute Gasteiger partial charge is 0.252 e. The zero-order valence-corrected chi connectivity index (χ0v) is 15.2. The highest BCUT2D eigenvalue weighted by atomic mass is 16.5. The van der Waals surface area contributed by atoms with Crippen LogP contribution in [0.25, 0.3) is 10.8 Å². The number of nitrogens with one attached hydrogen (secondary N) is 1. The van der Waals surface area contributed by atoms with Gasteiger partial charge in [-0.05, 0) is 29.0 Å². The lowest BCUT2D eigenvalue weighted by Gasteiger charge is -2.25. The maximum absolute atomic E-state index is 11.6. The van der Waals surface area contributed by atoms with Gasteiger partial charge >= 0.3 is 0 Å². The number of benzene rings is 1. The molecule has 1 aliphatic rings. The molecule has 0 spiro atoms. The summed E-state index contributed by atoms with van der Waals surface area (Å²) < 4.78 is 11.1. The lowest BCUT2D eigenvalue weighted by Crippen LogP contribution is -2.34. The van der Waals surface area contributed by atoms with Crippen molar-refractivity contribution < 1.29 is 19.1 Å². The number of hydrogen-bond donors (Lipinski definition) is 2. The van der Waals surface area contributed by atoms with Gasteiger partial charge in [-0.25, -0.2) is 4.98 Å². The van der Waals surface area contributed by atoms with Crippen molar-refractivity contribution in [3.63, 3.8) is 0 Å². The Balaban J connectivity index is 1.80. The highest BCUT2D eigenvalue weighted by Crippen LogP contribution is 2.33. The Morgan fingerprint density at radius 1 is 1.42 bits per heavy atom. The molecule has 0 aliphatic carbocycles. The molecule has 1 aliphatic heterocycles. The average molecular weight is 357 g/mol. The molecule has 0 saturated carbocycles. The molecule has 1 atom stereocenters. The van der Waals surface area contributed by atoms with E-state index in [2.05, 4.69) is 24.1 Å². The first-order valence-electron chi connectivity index (χ1n) is 8.50. The van der Waals surface area contributed by atoms with Gasteiger partial charge in [0.05, 0.1) is 19.3 Å². The molecule has 1 aromatic heterocycles. The van der Waals surface area contributed by atoms with Gasteiger partial charge in [-0.3, -0.25) is 9.59 Å². The monoisotopic (exact) mass is 357 g/mol. The van der Waals surface area contributed by atoms with E-state index in [0.29, 0.717) is 36.6 Å². The molecule has 2 aromatic rings. The number of hydrogen-bond acceptors (Lipinski definition) is 5. The van der Waals surface area contributed by atoms with E-state index in [1.165, 1.54) is 7.11 Å². The minimum atomic E-state index is -0.553. The Morgan fingerprint density at radius 3 is 2.81 bits per heavy atom. The largest absolute Gasteiger partial charge is 0.496 e. The third kappa shape index (κ3) is 3.42. The van der Waals surface area contributed by atoms with E-state index in [9.17, 15) is 9.59 Å². The van der Waals surface area contributed by atoms with Gasteiger partial charge in [0.2, 0.25) is 11.8 Å².